The van der Waals surface area contributed by atoms with Crippen molar-refractivity contribution in [1.29, 1.82) is 0 Å². The van der Waals surface area contributed by atoms with Gasteiger partial charge in [-0.2, -0.15) is 0 Å². The van der Waals surface area contributed by atoms with E-state index < -0.39 is 14.0 Å². The molecule has 20 heavy (non-hydrogen) atoms. The monoisotopic (exact) mass is 280 g/mol. The van der Waals surface area contributed by atoms with Crippen LogP contribution in [-0.4, -0.2) is 19.1 Å². The highest BCUT2D eigenvalue weighted by molar-refractivity contribution is 7.06. The smallest absolute Gasteiger partial charge is 0.310 e. The van der Waals surface area contributed by atoms with Crippen molar-refractivity contribution in [2.45, 2.75) is 6.04 Å². The van der Waals surface area contributed by atoms with Crippen LogP contribution in [0.2, 0.25) is 6.04 Å². The van der Waals surface area contributed by atoms with Crippen LogP contribution in [0.3, 0.4) is 0 Å². The number of carboxylic acid groups (broad SMARTS) is 1. The molecule has 3 heteroatoms. The van der Waals surface area contributed by atoms with Crippen LogP contribution >= 0.6 is 0 Å². The van der Waals surface area contributed by atoms with E-state index in [0.29, 0.717) is 0 Å². The lowest BCUT2D eigenvalue weighted by Gasteiger charge is -2.27. The van der Waals surface area contributed by atoms with Gasteiger partial charge in [-0.15, -0.1) is 0 Å². The molecule has 1 heterocycles. The summed E-state index contributed by atoms with van der Waals surface area (Å²) in [4.78, 5) is 11.3. The van der Waals surface area contributed by atoms with Gasteiger partial charge in [-0.3, -0.25) is 4.79 Å². The SMILES string of the molecule is O=C(O)C1C=C[Si](c2ccccc2)(c2ccccc2)C1. The Labute approximate surface area is 119 Å². The molecule has 0 fully saturated rings. The van der Waals surface area contributed by atoms with E-state index in [1.54, 1.807) is 0 Å². The van der Waals surface area contributed by atoms with Crippen molar-refractivity contribution in [3.8, 4) is 0 Å². The van der Waals surface area contributed by atoms with Crippen LogP contribution in [0.15, 0.2) is 72.4 Å². The van der Waals surface area contributed by atoms with E-state index in [0.717, 1.165) is 6.04 Å². The lowest BCUT2D eigenvalue weighted by atomic mass is 10.2. The molecule has 100 valence electrons. The molecule has 2 nitrogen and oxygen atoms in total. The first-order valence-corrected chi connectivity index (χ1v) is 9.04. The van der Waals surface area contributed by atoms with Gasteiger partial charge in [0.05, 0.1) is 5.92 Å². The normalized spacial score (nSPS) is 19.9. The molecule has 3 rings (SSSR count). The fourth-order valence-electron chi connectivity index (χ4n) is 3.00. The summed E-state index contributed by atoms with van der Waals surface area (Å²) in [6.45, 7) is 0. The molecule has 1 N–H and O–H groups in total. The molecule has 0 bridgehead atoms. The average molecular weight is 280 g/mol. The molecule has 0 saturated heterocycles. The van der Waals surface area contributed by atoms with Gasteiger partial charge < -0.3 is 5.11 Å². The van der Waals surface area contributed by atoms with E-state index in [1.165, 1.54) is 10.4 Å². The fourth-order valence-corrected chi connectivity index (χ4v) is 7.46. The van der Waals surface area contributed by atoms with Crippen LogP contribution in [0.5, 0.6) is 0 Å². The molecular formula is C17H16O2Si. The van der Waals surface area contributed by atoms with Gasteiger partial charge in [0.15, 0.2) is 0 Å². The van der Waals surface area contributed by atoms with Gasteiger partial charge in [0, 0.05) is 0 Å². The Kier molecular flexibility index (Phi) is 3.28. The Hall–Kier alpha value is -2.13. The molecule has 0 saturated carbocycles. The van der Waals surface area contributed by atoms with Crippen molar-refractivity contribution >= 4 is 24.4 Å². The van der Waals surface area contributed by atoms with Crippen LogP contribution < -0.4 is 10.4 Å². The van der Waals surface area contributed by atoms with Gasteiger partial charge in [0.25, 0.3) is 0 Å². The highest BCUT2D eigenvalue weighted by Crippen LogP contribution is 2.27. The summed E-state index contributed by atoms with van der Waals surface area (Å²) in [5.41, 5.74) is 2.19. The molecule has 1 aliphatic rings. The minimum absolute atomic E-state index is 0.359. The van der Waals surface area contributed by atoms with Crippen molar-refractivity contribution in [2.24, 2.45) is 5.92 Å². The minimum Gasteiger partial charge on any atom is -0.481 e. The standard InChI is InChI=1S/C17H16O2Si/c18-17(19)14-11-12-20(13-14,15-7-3-1-4-8-15)16-9-5-2-6-10-16/h1-12,14H,13H2,(H,18,19). The predicted octanol–water partition coefficient (Wildman–Crippen LogP) is 2.06. The maximum Gasteiger partial charge on any atom is 0.310 e. The minimum atomic E-state index is -2.07. The van der Waals surface area contributed by atoms with Crippen LogP contribution in [0.4, 0.5) is 0 Å². The summed E-state index contributed by atoms with van der Waals surface area (Å²) in [5, 5.41) is 11.9. The molecule has 1 aliphatic heterocycles. The summed E-state index contributed by atoms with van der Waals surface area (Å²) in [6.07, 6.45) is 1.88. The molecule has 0 radical (unpaired) electrons. The lowest BCUT2D eigenvalue weighted by molar-refractivity contribution is -0.139. The van der Waals surface area contributed by atoms with Crippen molar-refractivity contribution in [3.63, 3.8) is 0 Å². The van der Waals surface area contributed by atoms with Gasteiger partial charge in [0.2, 0.25) is 0 Å². The van der Waals surface area contributed by atoms with E-state index in [4.69, 9.17) is 0 Å². The molecule has 1 unspecified atom stereocenters. The summed E-state index contributed by atoms with van der Waals surface area (Å²) in [5.74, 6) is -1.08. The largest absolute Gasteiger partial charge is 0.481 e. The highest BCUT2D eigenvalue weighted by atomic mass is 28.3. The number of carbonyl (C=O) groups is 1. The van der Waals surface area contributed by atoms with Crippen LogP contribution in [-0.2, 0) is 4.79 Å². The first-order valence-electron chi connectivity index (χ1n) is 6.75. The topological polar surface area (TPSA) is 37.3 Å². The first-order chi connectivity index (χ1) is 9.72. The molecule has 2 aromatic carbocycles. The van der Waals surface area contributed by atoms with Gasteiger partial charge in [-0.1, -0.05) is 72.4 Å². The summed E-state index contributed by atoms with van der Waals surface area (Å²) >= 11 is 0. The number of rotatable bonds is 3. The number of benzene rings is 2. The quantitative estimate of drug-likeness (QED) is 0.874. The molecule has 2 aromatic rings. The molecule has 0 aromatic heterocycles. The van der Waals surface area contributed by atoms with Crippen molar-refractivity contribution in [1.82, 2.24) is 0 Å². The van der Waals surface area contributed by atoms with E-state index >= 15 is 0 Å². The summed E-state index contributed by atoms with van der Waals surface area (Å²) in [6, 6.07) is 21.4. The predicted molar refractivity (Wildman–Crippen MR) is 83.0 cm³/mol. The van der Waals surface area contributed by atoms with E-state index in [9.17, 15) is 9.90 Å². The maximum atomic E-state index is 11.3. The van der Waals surface area contributed by atoms with Gasteiger partial charge >= 0.3 is 5.97 Å². The Balaban J connectivity index is 2.11. The first kappa shape index (κ1) is 12.9. The Morgan fingerprint density at radius 2 is 1.45 bits per heavy atom. The summed E-state index contributed by atoms with van der Waals surface area (Å²) < 4.78 is 0. The van der Waals surface area contributed by atoms with Crippen molar-refractivity contribution in [3.05, 3.63) is 72.4 Å². The third kappa shape index (κ3) is 2.10. The third-order valence-electron chi connectivity index (χ3n) is 4.05. The van der Waals surface area contributed by atoms with Gasteiger partial charge in [-0.05, 0) is 16.4 Å². The zero-order valence-corrected chi connectivity index (χ0v) is 12.1. The van der Waals surface area contributed by atoms with E-state index in [-0.39, 0.29) is 5.92 Å². The lowest BCUT2D eigenvalue weighted by Crippen LogP contribution is -2.56. The van der Waals surface area contributed by atoms with Gasteiger partial charge in [-0.25, -0.2) is 0 Å². The molecule has 0 amide bonds. The zero-order valence-electron chi connectivity index (χ0n) is 11.1. The highest BCUT2D eigenvalue weighted by Gasteiger charge is 2.42. The van der Waals surface area contributed by atoms with Crippen molar-refractivity contribution in [2.75, 3.05) is 0 Å². The maximum absolute atomic E-state index is 11.3. The number of hydrogen-bond acceptors (Lipinski definition) is 1. The molecule has 1 atom stereocenters. The zero-order chi connectivity index (χ0) is 14.0. The second kappa shape index (κ2) is 5.10. The van der Waals surface area contributed by atoms with E-state index in [1.807, 2.05) is 42.5 Å². The van der Waals surface area contributed by atoms with Crippen LogP contribution in [0.1, 0.15) is 0 Å². The second-order valence-corrected chi connectivity index (χ2v) is 9.05. The second-order valence-electron chi connectivity index (χ2n) is 5.21. The molecule has 0 aliphatic carbocycles. The van der Waals surface area contributed by atoms with Gasteiger partial charge in [0.1, 0.15) is 8.07 Å². The van der Waals surface area contributed by atoms with Crippen LogP contribution in [0.25, 0.3) is 0 Å². The Bertz CT molecular complexity index is 595. The average Bonchev–Trinajstić information content (AvgIpc) is 2.96. The van der Waals surface area contributed by atoms with E-state index in [2.05, 4.69) is 30.0 Å². The van der Waals surface area contributed by atoms with Crippen molar-refractivity contribution < 1.29 is 9.90 Å². The molecular weight excluding hydrogens is 264 g/mol. The summed E-state index contributed by atoms with van der Waals surface area (Å²) in [7, 11) is -2.07. The Morgan fingerprint density at radius 3 is 1.85 bits per heavy atom. The number of aliphatic carboxylic acids is 1. The van der Waals surface area contributed by atoms with Crippen LogP contribution in [0, 0.1) is 5.92 Å². The fraction of sp³-hybridized carbons (Fsp3) is 0.118. The number of carboxylic acids is 1. The Morgan fingerprint density at radius 1 is 0.950 bits per heavy atom. The number of hydrogen-bond donors (Lipinski definition) is 1. The third-order valence-corrected chi connectivity index (χ3v) is 8.62. The molecule has 0 spiro atoms.